The van der Waals surface area contributed by atoms with Crippen molar-refractivity contribution in [3.63, 3.8) is 0 Å². The fourth-order valence-electron chi connectivity index (χ4n) is 1.34. The lowest BCUT2D eigenvalue weighted by Crippen LogP contribution is -2.13. The van der Waals surface area contributed by atoms with Gasteiger partial charge in [-0.2, -0.15) is 0 Å². The molecule has 0 saturated heterocycles. The summed E-state index contributed by atoms with van der Waals surface area (Å²) in [5, 5.41) is 14.0. The fourth-order valence-corrected chi connectivity index (χ4v) is 1.34. The zero-order valence-electron chi connectivity index (χ0n) is 8.70. The van der Waals surface area contributed by atoms with E-state index in [1.165, 1.54) is 32.1 Å². The average molecular weight is 190 g/mol. The van der Waals surface area contributed by atoms with Crippen LogP contribution in [0.15, 0.2) is 12.8 Å². The third-order valence-corrected chi connectivity index (χ3v) is 1.84. The third kappa shape index (κ3) is 9.37. The Kier molecular flexibility index (Phi) is 16.1. The lowest BCUT2D eigenvalue weighted by molar-refractivity contribution is 0.107. The smallest absolute Gasteiger partial charge is 0.0978 e. The van der Waals surface area contributed by atoms with Crippen molar-refractivity contribution in [1.29, 1.82) is 0 Å². The van der Waals surface area contributed by atoms with Crippen LogP contribution in [0, 0.1) is 0 Å². The van der Waals surface area contributed by atoms with E-state index in [0.29, 0.717) is 6.10 Å². The van der Waals surface area contributed by atoms with Crippen LogP contribution < -0.4 is 0 Å². The number of hydrogen-bond acceptors (Lipinski definition) is 3. The van der Waals surface area contributed by atoms with E-state index in [9.17, 15) is 0 Å². The standard InChI is InChI=1S/C8H14O.2CH4O/c1-2-9-8-6-4-3-5-7-8;2*1-2/h2,8H,1,3-7H2;2*2H,1H3. The van der Waals surface area contributed by atoms with Gasteiger partial charge in [-0.15, -0.1) is 0 Å². The van der Waals surface area contributed by atoms with E-state index in [-0.39, 0.29) is 0 Å². The molecule has 1 aliphatic carbocycles. The summed E-state index contributed by atoms with van der Waals surface area (Å²) in [5.74, 6) is 0. The van der Waals surface area contributed by atoms with Crippen molar-refractivity contribution in [1.82, 2.24) is 0 Å². The SMILES string of the molecule is C=COC1CCCCC1.CO.CO. The van der Waals surface area contributed by atoms with Crippen LogP contribution in [0.4, 0.5) is 0 Å². The summed E-state index contributed by atoms with van der Waals surface area (Å²) in [6, 6.07) is 0. The minimum Gasteiger partial charge on any atom is -0.499 e. The molecule has 1 saturated carbocycles. The average Bonchev–Trinajstić information content (AvgIpc) is 2.26. The number of aliphatic hydroxyl groups is 2. The highest BCUT2D eigenvalue weighted by Crippen LogP contribution is 2.19. The van der Waals surface area contributed by atoms with Crippen molar-refractivity contribution in [2.75, 3.05) is 14.2 Å². The van der Waals surface area contributed by atoms with Gasteiger partial charge >= 0.3 is 0 Å². The quantitative estimate of drug-likeness (QED) is 0.651. The molecule has 0 bridgehead atoms. The Labute approximate surface area is 81.0 Å². The van der Waals surface area contributed by atoms with Crippen LogP contribution >= 0.6 is 0 Å². The fraction of sp³-hybridized carbons (Fsp3) is 0.800. The van der Waals surface area contributed by atoms with E-state index >= 15 is 0 Å². The minimum atomic E-state index is 0.483. The molecule has 0 aromatic heterocycles. The van der Waals surface area contributed by atoms with Crippen LogP contribution in [0.2, 0.25) is 0 Å². The summed E-state index contributed by atoms with van der Waals surface area (Å²) in [6.07, 6.45) is 8.55. The molecule has 0 aliphatic heterocycles. The van der Waals surface area contributed by atoms with Crippen LogP contribution in [0.1, 0.15) is 32.1 Å². The number of ether oxygens (including phenoxy) is 1. The maximum atomic E-state index is 7.00. The Morgan fingerprint density at radius 1 is 1.08 bits per heavy atom. The molecule has 80 valence electrons. The largest absolute Gasteiger partial charge is 0.499 e. The van der Waals surface area contributed by atoms with Gasteiger partial charge in [0.2, 0.25) is 0 Å². The van der Waals surface area contributed by atoms with Crippen LogP contribution in [-0.2, 0) is 4.74 Å². The number of aliphatic hydroxyl groups excluding tert-OH is 2. The number of hydrogen-bond donors (Lipinski definition) is 2. The van der Waals surface area contributed by atoms with Crippen molar-refractivity contribution in [2.45, 2.75) is 38.2 Å². The van der Waals surface area contributed by atoms with Crippen molar-refractivity contribution in [2.24, 2.45) is 0 Å². The monoisotopic (exact) mass is 190 g/mol. The third-order valence-electron chi connectivity index (χ3n) is 1.84. The van der Waals surface area contributed by atoms with Crippen LogP contribution in [-0.4, -0.2) is 30.5 Å². The summed E-state index contributed by atoms with van der Waals surface area (Å²) in [6.45, 7) is 3.53. The zero-order valence-corrected chi connectivity index (χ0v) is 8.70. The van der Waals surface area contributed by atoms with Gasteiger partial charge in [0.1, 0.15) is 0 Å². The molecule has 0 amide bonds. The van der Waals surface area contributed by atoms with Gasteiger partial charge in [-0.05, 0) is 25.7 Å². The van der Waals surface area contributed by atoms with Crippen molar-refractivity contribution in [3.05, 3.63) is 12.8 Å². The summed E-state index contributed by atoms with van der Waals surface area (Å²) in [5.41, 5.74) is 0. The van der Waals surface area contributed by atoms with Crippen LogP contribution in [0.25, 0.3) is 0 Å². The first kappa shape index (κ1) is 15.0. The molecule has 0 spiro atoms. The lowest BCUT2D eigenvalue weighted by atomic mass is 9.98. The molecule has 0 aromatic carbocycles. The molecule has 1 aliphatic rings. The molecule has 1 fully saturated rings. The Hall–Kier alpha value is -0.540. The highest BCUT2D eigenvalue weighted by atomic mass is 16.5. The Balaban J connectivity index is 0. The van der Waals surface area contributed by atoms with E-state index in [2.05, 4.69) is 6.58 Å². The van der Waals surface area contributed by atoms with E-state index in [0.717, 1.165) is 14.2 Å². The van der Waals surface area contributed by atoms with Gasteiger partial charge < -0.3 is 14.9 Å². The molecule has 2 N–H and O–H groups in total. The normalized spacial score (nSPS) is 15.7. The van der Waals surface area contributed by atoms with Gasteiger partial charge in [-0.25, -0.2) is 0 Å². The van der Waals surface area contributed by atoms with E-state index in [1.54, 1.807) is 6.26 Å². The maximum Gasteiger partial charge on any atom is 0.0978 e. The van der Waals surface area contributed by atoms with Crippen molar-refractivity contribution in [3.8, 4) is 0 Å². The first-order valence-electron chi connectivity index (χ1n) is 4.59. The number of rotatable bonds is 2. The molecule has 1 rings (SSSR count). The molecule has 13 heavy (non-hydrogen) atoms. The first-order valence-corrected chi connectivity index (χ1v) is 4.59. The highest BCUT2D eigenvalue weighted by molar-refractivity contribution is 4.67. The lowest BCUT2D eigenvalue weighted by Gasteiger charge is -2.20. The van der Waals surface area contributed by atoms with Gasteiger partial charge in [0.05, 0.1) is 12.4 Å². The first-order chi connectivity index (χ1) is 6.43. The molecule has 0 atom stereocenters. The zero-order chi connectivity index (χ0) is 10.5. The second kappa shape index (κ2) is 14.0. The second-order valence-corrected chi connectivity index (χ2v) is 2.56. The van der Waals surface area contributed by atoms with Gasteiger partial charge in [-0.3, -0.25) is 0 Å². The molecule has 0 aromatic rings. The maximum absolute atomic E-state index is 7.00. The predicted molar refractivity (Wildman–Crippen MR) is 54.4 cm³/mol. The Morgan fingerprint density at radius 2 is 1.54 bits per heavy atom. The van der Waals surface area contributed by atoms with Crippen molar-refractivity contribution < 1.29 is 14.9 Å². The topological polar surface area (TPSA) is 49.7 Å². The van der Waals surface area contributed by atoms with E-state index in [4.69, 9.17) is 14.9 Å². The van der Waals surface area contributed by atoms with Gasteiger partial charge in [-0.1, -0.05) is 13.0 Å². The summed E-state index contributed by atoms with van der Waals surface area (Å²) < 4.78 is 5.25. The second-order valence-electron chi connectivity index (χ2n) is 2.56. The highest BCUT2D eigenvalue weighted by Gasteiger charge is 2.11. The molecular weight excluding hydrogens is 168 g/mol. The summed E-state index contributed by atoms with van der Waals surface area (Å²) >= 11 is 0. The Morgan fingerprint density at radius 3 is 1.92 bits per heavy atom. The molecular formula is C10H22O3. The van der Waals surface area contributed by atoms with E-state index in [1.807, 2.05) is 0 Å². The van der Waals surface area contributed by atoms with Gasteiger partial charge in [0.15, 0.2) is 0 Å². The van der Waals surface area contributed by atoms with Gasteiger partial charge in [0, 0.05) is 14.2 Å². The molecule has 0 heterocycles. The van der Waals surface area contributed by atoms with Gasteiger partial charge in [0.25, 0.3) is 0 Å². The predicted octanol–water partition coefficient (Wildman–Crippen LogP) is 1.70. The van der Waals surface area contributed by atoms with E-state index < -0.39 is 0 Å². The Bertz CT molecular complexity index is 88.2. The van der Waals surface area contributed by atoms with Crippen molar-refractivity contribution >= 4 is 0 Å². The molecule has 0 radical (unpaired) electrons. The minimum absolute atomic E-state index is 0.483. The molecule has 3 heteroatoms. The summed E-state index contributed by atoms with van der Waals surface area (Å²) in [4.78, 5) is 0. The summed E-state index contributed by atoms with van der Waals surface area (Å²) in [7, 11) is 2.00. The van der Waals surface area contributed by atoms with Crippen LogP contribution in [0.3, 0.4) is 0 Å². The molecule has 0 unspecified atom stereocenters. The van der Waals surface area contributed by atoms with Crippen LogP contribution in [0.5, 0.6) is 0 Å². The molecule has 3 nitrogen and oxygen atoms in total.